The number of nitrogens with one attached hydrogen (secondary N) is 1. The van der Waals surface area contributed by atoms with Gasteiger partial charge < -0.3 is 5.32 Å². The fraction of sp³-hybridized carbons (Fsp3) is 0.500. The third-order valence-electron chi connectivity index (χ3n) is 2.95. The van der Waals surface area contributed by atoms with E-state index in [9.17, 15) is 4.79 Å². The van der Waals surface area contributed by atoms with Gasteiger partial charge in [-0.1, -0.05) is 36.7 Å². The third kappa shape index (κ3) is 4.15. The molecule has 3 heteroatoms. The van der Waals surface area contributed by atoms with Gasteiger partial charge in [0.1, 0.15) is 0 Å². The second-order valence-corrected chi connectivity index (χ2v) is 6.49. The molecule has 1 rings (SSSR count). The Morgan fingerprint density at radius 1 is 1.29 bits per heavy atom. The zero-order chi connectivity index (χ0) is 13.2. The lowest BCUT2D eigenvalue weighted by Crippen LogP contribution is -2.41. The second-order valence-electron chi connectivity index (χ2n) is 5.58. The Morgan fingerprint density at radius 2 is 1.88 bits per heavy atom. The molecule has 0 saturated carbocycles. The molecule has 0 bridgehead atoms. The molecular weight excluding hydrogens is 278 g/mol. The van der Waals surface area contributed by atoms with Gasteiger partial charge in [0.15, 0.2) is 0 Å². The van der Waals surface area contributed by atoms with Crippen LogP contribution in [-0.4, -0.2) is 11.9 Å². The number of rotatable bonds is 2. The summed E-state index contributed by atoms with van der Waals surface area (Å²) in [5.74, 6) is -0.0168. The molecule has 0 saturated heterocycles. The topological polar surface area (TPSA) is 29.1 Å². The Kier molecular flexibility index (Phi) is 4.36. The van der Waals surface area contributed by atoms with Crippen molar-refractivity contribution in [2.45, 2.75) is 40.7 Å². The molecule has 0 aliphatic heterocycles. The molecule has 0 spiro atoms. The predicted molar refractivity (Wildman–Crippen MR) is 75.3 cm³/mol. The maximum absolute atomic E-state index is 12.1. The van der Waals surface area contributed by atoms with E-state index >= 15 is 0 Å². The van der Waals surface area contributed by atoms with Crippen LogP contribution in [0.25, 0.3) is 0 Å². The molecule has 0 fully saturated rings. The number of carbonyl (C=O) groups excluding carboxylic acids is 1. The summed E-state index contributed by atoms with van der Waals surface area (Å²) in [6, 6.07) is 5.87. The average Bonchev–Trinajstić information content (AvgIpc) is 2.14. The van der Waals surface area contributed by atoms with Gasteiger partial charge in [-0.05, 0) is 43.0 Å². The highest BCUT2D eigenvalue weighted by molar-refractivity contribution is 9.10. The minimum absolute atomic E-state index is 0.0168. The van der Waals surface area contributed by atoms with Crippen molar-refractivity contribution in [1.29, 1.82) is 0 Å². The highest BCUT2D eigenvalue weighted by Gasteiger charge is 2.22. The van der Waals surface area contributed by atoms with Crippen LogP contribution >= 0.6 is 15.9 Å². The quantitative estimate of drug-likeness (QED) is 0.881. The van der Waals surface area contributed by atoms with Crippen LogP contribution in [0.15, 0.2) is 22.7 Å². The summed E-state index contributed by atoms with van der Waals surface area (Å²) < 4.78 is 0.936. The number of aryl methyl sites for hydroxylation is 1. The summed E-state index contributed by atoms with van der Waals surface area (Å²) in [6.45, 7) is 10.4. The van der Waals surface area contributed by atoms with E-state index in [0.717, 1.165) is 10.0 Å². The van der Waals surface area contributed by atoms with Gasteiger partial charge in [-0.25, -0.2) is 0 Å². The maximum Gasteiger partial charge on any atom is 0.251 e. The van der Waals surface area contributed by atoms with Crippen LogP contribution < -0.4 is 5.32 Å². The molecule has 2 nitrogen and oxygen atoms in total. The first-order chi connectivity index (χ1) is 7.70. The van der Waals surface area contributed by atoms with Gasteiger partial charge in [-0.3, -0.25) is 4.79 Å². The number of carbonyl (C=O) groups is 1. The summed E-state index contributed by atoms with van der Waals surface area (Å²) >= 11 is 3.41. The molecule has 0 aliphatic rings. The van der Waals surface area contributed by atoms with Crippen LogP contribution in [-0.2, 0) is 0 Å². The minimum atomic E-state index is -0.0168. The Balaban J connectivity index is 2.84. The zero-order valence-corrected chi connectivity index (χ0v) is 12.7. The fourth-order valence-electron chi connectivity index (χ4n) is 1.36. The molecule has 0 aromatic heterocycles. The molecule has 1 aromatic rings. The van der Waals surface area contributed by atoms with Gasteiger partial charge in [0.05, 0.1) is 0 Å². The molecule has 1 atom stereocenters. The standard InChI is InChI=1S/C14H20BrNO/c1-9-6-11(8-12(15)7-9)13(17)16-10(2)14(3,4)5/h6-8,10H,1-5H3,(H,16,17). The summed E-state index contributed by atoms with van der Waals surface area (Å²) in [5, 5.41) is 3.03. The Labute approximate surface area is 112 Å². The van der Waals surface area contributed by atoms with E-state index in [4.69, 9.17) is 0 Å². The number of halogens is 1. The smallest absolute Gasteiger partial charge is 0.251 e. The normalized spacial score (nSPS) is 13.3. The first-order valence-corrected chi connectivity index (χ1v) is 6.57. The van der Waals surface area contributed by atoms with Crippen molar-refractivity contribution in [2.75, 3.05) is 0 Å². The first-order valence-electron chi connectivity index (χ1n) is 5.78. The van der Waals surface area contributed by atoms with E-state index in [-0.39, 0.29) is 17.4 Å². The van der Waals surface area contributed by atoms with Gasteiger partial charge in [-0.2, -0.15) is 0 Å². The van der Waals surface area contributed by atoms with Crippen LogP contribution in [0.3, 0.4) is 0 Å². The molecular formula is C14H20BrNO. The van der Waals surface area contributed by atoms with Crippen LogP contribution in [0.5, 0.6) is 0 Å². The summed E-state index contributed by atoms with van der Waals surface area (Å²) in [7, 11) is 0. The molecule has 1 N–H and O–H groups in total. The number of benzene rings is 1. The van der Waals surface area contributed by atoms with Crippen molar-refractivity contribution in [2.24, 2.45) is 5.41 Å². The predicted octanol–water partition coefficient (Wildman–Crippen LogP) is 3.92. The summed E-state index contributed by atoms with van der Waals surface area (Å²) in [5.41, 5.74) is 1.84. The van der Waals surface area contributed by atoms with Crippen LogP contribution in [0.1, 0.15) is 43.6 Å². The molecule has 1 aromatic carbocycles. The van der Waals surface area contributed by atoms with Crippen molar-refractivity contribution in [3.05, 3.63) is 33.8 Å². The zero-order valence-electron chi connectivity index (χ0n) is 11.1. The lowest BCUT2D eigenvalue weighted by molar-refractivity contribution is 0.0910. The SMILES string of the molecule is Cc1cc(Br)cc(C(=O)NC(C)C(C)(C)C)c1. The average molecular weight is 298 g/mol. The van der Waals surface area contributed by atoms with E-state index in [0.29, 0.717) is 5.56 Å². The monoisotopic (exact) mass is 297 g/mol. The van der Waals surface area contributed by atoms with E-state index in [1.807, 2.05) is 32.0 Å². The van der Waals surface area contributed by atoms with Gasteiger partial charge in [0, 0.05) is 16.1 Å². The third-order valence-corrected chi connectivity index (χ3v) is 3.41. The Hall–Kier alpha value is -0.830. The Morgan fingerprint density at radius 3 is 2.35 bits per heavy atom. The molecule has 0 aliphatic carbocycles. The van der Waals surface area contributed by atoms with Crippen molar-refractivity contribution in [3.8, 4) is 0 Å². The number of hydrogen-bond donors (Lipinski definition) is 1. The minimum Gasteiger partial charge on any atom is -0.349 e. The van der Waals surface area contributed by atoms with Crippen molar-refractivity contribution >= 4 is 21.8 Å². The van der Waals surface area contributed by atoms with E-state index in [1.54, 1.807) is 0 Å². The van der Waals surface area contributed by atoms with Crippen LogP contribution in [0, 0.1) is 12.3 Å². The largest absolute Gasteiger partial charge is 0.349 e. The highest BCUT2D eigenvalue weighted by atomic mass is 79.9. The van der Waals surface area contributed by atoms with Gasteiger partial charge in [-0.15, -0.1) is 0 Å². The van der Waals surface area contributed by atoms with Crippen molar-refractivity contribution < 1.29 is 4.79 Å². The molecule has 1 unspecified atom stereocenters. The van der Waals surface area contributed by atoms with Gasteiger partial charge in [0.25, 0.3) is 5.91 Å². The van der Waals surface area contributed by atoms with E-state index in [1.165, 1.54) is 0 Å². The van der Waals surface area contributed by atoms with Crippen molar-refractivity contribution in [3.63, 3.8) is 0 Å². The van der Waals surface area contributed by atoms with E-state index < -0.39 is 0 Å². The molecule has 94 valence electrons. The lowest BCUT2D eigenvalue weighted by Gasteiger charge is -2.28. The van der Waals surface area contributed by atoms with Gasteiger partial charge >= 0.3 is 0 Å². The van der Waals surface area contributed by atoms with Gasteiger partial charge in [0.2, 0.25) is 0 Å². The van der Waals surface area contributed by atoms with E-state index in [2.05, 4.69) is 42.0 Å². The fourth-order valence-corrected chi connectivity index (χ4v) is 1.97. The van der Waals surface area contributed by atoms with Crippen LogP contribution in [0.2, 0.25) is 0 Å². The highest BCUT2D eigenvalue weighted by Crippen LogP contribution is 2.20. The summed E-state index contributed by atoms with van der Waals surface area (Å²) in [6.07, 6.45) is 0. The molecule has 1 amide bonds. The maximum atomic E-state index is 12.1. The summed E-state index contributed by atoms with van der Waals surface area (Å²) in [4.78, 5) is 12.1. The molecule has 0 heterocycles. The Bertz CT molecular complexity index is 400. The van der Waals surface area contributed by atoms with Crippen molar-refractivity contribution in [1.82, 2.24) is 5.32 Å². The lowest BCUT2D eigenvalue weighted by atomic mass is 9.88. The van der Waals surface area contributed by atoms with Crippen LogP contribution in [0.4, 0.5) is 0 Å². The second kappa shape index (κ2) is 5.21. The molecule has 0 radical (unpaired) electrons. The number of amides is 1. The number of hydrogen-bond acceptors (Lipinski definition) is 1. The molecule has 17 heavy (non-hydrogen) atoms. The first kappa shape index (κ1) is 14.2.